The number of piperidine rings is 1. The van der Waals surface area contributed by atoms with Crippen molar-refractivity contribution >= 4 is 11.9 Å². The van der Waals surface area contributed by atoms with E-state index in [0.717, 1.165) is 19.3 Å². The van der Waals surface area contributed by atoms with Gasteiger partial charge in [0.1, 0.15) is 11.2 Å². The van der Waals surface area contributed by atoms with E-state index in [-0.39, 0.29) is 11.1 Å². The fraction of sp³-hybridized carbons (Fsp3) is 0.900. The molecular formula is C20H37NO5. The third-order valence-electron chi connectivity index (χ3n) is 4.13. The molecule has 1 rings (SSSR count). The molecule has 0 radical (unpaired) electrons. The molecule has 0 N–H and O–H groups in total. The van der Waals surface area contributed by atoms with E-state index in [1.54, 1.807) is 46.6 Å². The van der Waals surface area contributed by atoms with Gasteiger partial charge in [0.15, 0.2) is 0 Å². The van der Waals surface area contributed by atoms with Gasteiger partial charge in [0.05, 0.1) is 0 Å². The Morgan fingerprint density at radius 3 is 1.46 bits per heavy atom. The van der Waals surface area contributed by atoms with Crippen LogP contribution in [0.15, 0.2) is 0 Å². The Balaban J connectivity index is 3.14. The Bertz CT molecular complexity index is 481. The normalized spacial score (nSPS) is 20.7. The van der Waals surface area contributed by atoms with Gasteiger partial charge in [0, 0.05) is 11.1 Å². The molecule has 0 saturated carbocycles. The van der Waals surface area contributed by atoms with E-state index in [4.69, 9.17) is 14.3 Å². The van der Waals surface area contributed by atoms with Crippen LogP contribution < -0.4 is 0 Å². The van der Waals surface area contributed by atoms with Crippen LogP contribution in [-0.4, -0.2) is 45.4 Å². The highest BCUT2D eigenvalue weighted by molar-refractivity contribution is 5.98. The van der Waals surface area contributed by atoms with E-state index < -0.39 is 29.2 Å². The van der Waals surface area contributed by atoms with Crippen LogP contribution in [0.1, 0.15) is 88.5 Å². The quantitative estimate of drug-likeness (QED) is 0.549. The van der Waals surface area contributed by atoms with Crippen molar-refractivity contribution in [2.75, 3.05) is 0 Å². The number of hydrogen-bond donors (Lipinski definition) is 0. The standard InChI is InChI=1S/C20H37NO5/c1-17(2,3)24-15(22)14(16(23)25-18(4,5)6)26-21-19(7,8)12-11-13-20(21,9)10/h14H,11-13H2,1-10H3. The zero-order valence-corrected chi connectivity index (χ0v) is 18.2. The van der Waals surface area contributed by atoms with Gasteiger partial charge in [0.25, 0.3) is 6.10 Å². The molecule has 1 saturated heterocycles. The van der Waals surface area contributed by atoms with Crippen LogP contribution in [0.5, 0.6) is 0 Å². The summed E-state index contributed by atoms with van der Waals surface area (Å²) in [4.78, 5) is 31.4. The first-order valence-corrected chi connectivity index (χ1v) is 9.37. The maximum Gasteiger partial charge on any atom is 0.349 e. The molecule has 152 valence electrons. The van der Waals surface area contributed by atoms with E-state index in [0.29, 0.717) is 0 Å². The van der Waals surface area contributed by atoms with Crippen molar-refractivity contribution in [1.82, 2.24) is 5.06 Å². The zero-order chi connectivity index (χ0) is 20.6. The molecule has 0 aromatic rings. The molecule has 0 aromatic heterocycles. The second-order valence-corrected chi connectivity index (χ2v) is 10.3. The van der Waals surface area contributed by atoms with Crippen molar-refractivity contribution in [1.29, 1.82) is 0 Å². The summed E-state index contributed by atoms with van der Waals surface area (Å²) < 4.78 is 10.8. The van der Waals surface area contributed by atoms with Crippen molar-refractivity contribution < 1.29 is 23.9 Å². The topological polar surface area (TPSA) is 65.1 Å². The highest BCUT2D eigenvalue weighted by Gasteiger charge is 2.47. The molecule has 6 heteroatoms. The Hall–Kier alpha value is -1.14. The maximum atomic E-state index is 12.7. The molecule has 0 unspecified atom stereocenters. The van der Waals surface area contributed by atoms with Gasteiger partial charge >= 0.3 is 11.9 Å². The maximum absolute atomic E-state index is 12.7. The number of nitrogens with zero attached hydrogens (tertiary/aromatic N) is 1. The van der Waals surface area contributed by atoms with Gasteiger partial charge in [-0.1, -0.05) is 0 Å². The van der Waals surface area contributed by atoms with Gasteiger partial charge in [-0.05, 0) is 88.5 Å². The van der Waals surface area contributed by atoms with Crippen LogP contribution >= 0.6 is 0 Å². The number of carbonyl (C=O) groups is 2. The fourth-order valence-electron chi connectivity index (χ4n) is 3.26. The van der Waals surface area contributed by atoms with Gasteiger partial charge in [-0.3, -0.25) is 4.84 Å². The largest absolute Gasteiger partial charge is 0.458 e. The number of hydroxylamine groups is 2. The minimum atomic E-state index is -1.45. The van der Waals surface area contributed by atoms with E-state index in [1.165, 1.54) is 0 Å². The summed E-state index contributed by atoms with van der Waals surface area (Å²) in [6, 6.07) is 0. The highest BCUT2D eigenvalue weighted by Crippen LogP contribution is 2.39. The lowest BCUT2D eigenvalue weighted by Crippen LogP contribution is -2.61. The monoisotopic (exact) mass is 371 g/mol. The van der Waals surface area contributed by atoms with Crippen molar-refractivity contribution in [3.63, 3.8) is 0 Å². The van der Waals surface area contributed by atoms with Crippen LogP contribution in [0.2, 0.25) is 0 Å². The van der Waals surface area contributed by atoms with Crippen LogP contribution in [0.4, 0.5) is 0 Å². The molecule has 1 aliphatic rings. The average molecular weight is 372 g/mol. The lowest BCUT2D eigenvalue weighted by atomic mass is 9.82. The molecule has 1 aliphatic heterocycles. The molecule has 0 bridgehead atoms. The predicted octanol–water partition coefficient (Wildman–Crippen LogP) is 4.01. The number of ether oxygens (including phenoxy) is 2. The second kappa shape index (κ2) is 7.47. The average Bonchev–Trinajstić information content (AvgIpc) is 2.31. The van der Waals surface area contributed by atoms with Crippen LogP contribution in [0.3, 0.4) is 0 Å². The Morgan fingerprint density at radius 2 is 1.15 bits per heavy atom. The molecule has 0 atom stereocenters. The summed E-state index contributed by atoms with van der Waals surface area (Å²) in [6.45, 7) is 18.7. The zero-order valence-electron chi connectivity index (χ0n) is 18.2. The van der Waals surface area contributed by atoms with Crippen molar-refractivity contribution in [2.24, 2.45) is 0 Å². The highest BCUT2D eigenvalue weighted by atomic mass is 16.7. The van der Waals surface area contributed by atoms with Gasteiger partial charge in [-0.25, -0.2) is 9.59 Å². The van der Waals surface area contributed by atoms with E-state index in [9.17, 15) is 9.59 Å². The first kappa shape index (κ1) is 22.9. The Morgan fingerprint density at radius 1 is 0.808 bits per heavy atom. The van der Waals surface area contributed by atoms with Crippen LogP contribution in [0.25, 0.3) is 0 Å². The minimum Gasteiger partial charge on any atom is -0.458 e. The van der Waals surface area contributed by atoms with Crippen molar-refractivity contribution in [2.45, 2.75) is 117 Å². The van der Waals surface area contributed by atoms with Gasteiger partial charge in [0.2, 0.25) is 0 Å². The SMILES string of the molecule is CC(C)(C)OC(=O)C(ON1C(C)(C)CCCC1(C)C)C(=O)OC(C)(C)C. The Kier molecular flexibility index (Phi) is 6.58. The van der Waals surface area contributed by atoms with Crippen LogP contribution in [-0.2, 0) is 23.9 Å². The van der Waals surface area contributed by atoms with E-state index in [1.807, 2.05) is 0 Å². The predicted molar refractivity (Wildman–Crippen MR) is 100 cm³/mol. The summed E-state index contributed by atoms with van der Waals surface area (Å²) >= 11 is 0. The Labute approximate surface area is 158 Å². The summed E-state index contributed by atoms with van der Waals surface area (Å²) in [5, 5.41) is 1.78. The molecular weight excluding hydrogens is 334 g/mol. The summed E-state index contributed by atoms with van der Waals surface area (Å²) in [7, 11) is 0. The molecule has 1 fully saturated rings. The van der Waals surface area contributed by atoms with E-state index in [2.05, 4.69) is 27.7 Å². The van der Waals surface area contributed by atoms with Crippen LogP contribution in [0, 0.1) is 0 Å². The molecule has 0 aliphatic carbocycles. The number of hydrogen-bond acceptors (Lipinski definition) is 6. The first-order valence-electron chi connectivity index (χ1n) is 9.37. The van der Waals surface area contributed by atoms with Gasteiger partial charge in [-0.15, -0.1) is 0 Å². The summed E-state index contributed by atoms with van der Waals surface area (Å²) in [5.74, 6) is -1.46. The molecule has 6 nitrogen and oxygen atoms in total. The lowest BCUT2D eigenvalue weighted by molar-refractivity contribution is -0.303. The third-order valence-corrected chi connectivity index (χ3v) is 4.13. The molecule has 1 heterocycles. The number of rotatable bonds is 4. The second-order valence-electron chi connectivity index (χ2n) is 10.3. The summed E-state index contributed by atoms with van der Waals surface area (Å²) in [6.07, 6.45) is 1.42. The fourth-order valence-corrected chi connectivity index (χ4v) is 3.26. The molecule has 26 heavy (non-hydrogen) atoms. The lowest BCUT2D eigenvalue weighted by Gasteiger charge is -2.51. The third kappa shape index (κ3) is 6.54. The molecule has 0 spiro atoms. The summed E-state index contributed by atoms with van der Waals surface area (Å²) in [5.41, 5.74) is -2.09. The number of carbonyl (C=O) groups excluding carboxylic acids is 2. The van der Waals surface area contributed by atoms with E-state index >= 15 is 0 Å². The van der Waals surface area contributed by atoms with Crippen molar-refractivity contribution in [3.8, 4) is 0 Å². The van der Waals surface area contributed by atoms with Crippen molar-refractivity contribution in [3.05, 3.63) is 0 Å². The molecule has 0 amide bonds. The van der Waals surface area contributed by atoms with Gasteiger partial charge in [-0.2, -0.15) is 5.06 Å². The smallest absolute Gasteiger partial charge is 0.349 e. The minimum absolute atomic E-state index is 0.315. The first-order chi connectivity index (χ1) is 11.4. The number of esters is 2. The van der Waals surface area contributed by atoms with Gasteiger partial charge < -0.3 is 9.47 Å². The molecule has 0 aromatic carbocycles.